The van der Waals surface area contributed by atoms with Crippen LogP contribution in [0, 0.1) is 0 Å². The van der Waals surface area contributed by atoms with E-state index in [0.717, 1.165) is 22.8 Å². The van der Waals surface area contributed by atoms with Crippen molar-refractivity contribution in [1.82, 2.24) is 10.6 Å². The summed E-state index contributed by atoms with van der Waals surface area (Å²) >= 11 is 0. The van der Waals surface area contributed by atoms with Crippen LogP contribution in [-0.2, 0) is 5.41 Å². The third kappa shape index (κ3) is 4.34. The van der Waals surface area contributed by atoms with Crippen LogP contribution in [0.1, 0.15) is 51.2 Å². The molecule has 50 heavy (non-hydrogen) atoms. The van der Waals surface area contributed by atoms with E-state index in [-0.39, 0.29) is 12.2 Å². The van der Waals surface area contributed by atoms with Gasteiger partial charge in [0.05, 0.1) is 11.5 Å². The molecule has 0 amide bonds. The van der Waals surface area contributed by atoms with Crippen LogP contribution in [-0.4, -0.2) is 0 Å². The van der Waals surface area contributed by atoms with E-state index in [9.17, 15) is 0 Å². The van der Waals surface area contributed by atoms with Crippen LogP contribution in [0.3, 0.4) is 0 Å². The lowest BCUT2D eigenvalue weighted by Gasteiger charge is -2.40. The Hall–Kier alpha value is -6.16. The van der Waals surface area contributed by atoms with Crippen LogP contribution >= 0.6 is 0 Å². The molecule has 0 bridgehead atoms. The summed E-state index contributed by atoms with van der Waals surface area (Å²) in [7, 11) is 0. The van der Waals surface area contributed by atoms with Gasteiger partial charge in [0, 0.05) is 16.8 Å². The van der Waals surface area contributed by atoms with E-state index in [4.69, 9.17) is 4.74 Å². The highest BCUT2D eigenvalue weighted by Gasteiger charge is 2.52. The van der Waals surface area contributed by atoms with Crippen molar-refractivity contribution in [1.29, 1.82) is 0 Å². The summed E-state index contributed by atoms with van der Waals surface area (Å²) in [5.41, 5.74) is 14.1. The number of para-hydroxylation sites is 2. The van der Waals surface area contributed by atoms with Gasteiger partial charge in [-0.3, -0.25) is 5.32 Å². The van der Waals surface area contributed by atoms with E-state index < -0.39 is 5.41 Å². The van der Waals surface area contributed by atoms with Crippen LogP contribution < -0.4 is 15.4 Å². The van der Waals surface area contributed by atoms with Crippen molar-refractivity contribution in [3.8, 4) is 33.8 Å². The summed E-state index contributed by atoms with van der Waals surface area (Å²) in [4.78, 5) is 0. The molecule has 0 radical (unpaired) electrons. The predicted octanol–water partition coefficient (Wildman–Crippen LogP) is 10.8. The van der Waals surface area contributed by atoms with Gasteiger partial charge in [0.2, 0.25) is 0 Å². The number of ether oxygens (including phenoxy) is 1. The molecule has 3 nitrogen and oxygen atoms in total. The fourth-order valence-electron chi connectivity index (χ4n) is 8.48. The Balaban J connectivity index is 1.12. The minimum Gasteiger partial charge on any atom is -0.457 e. The largest absolute Gasteiger partial charge is 0.457 e. The van der Waals surface area contributed by atoms with E-state index in [0.29, 0.717) is 0 Å². The molecule has 0 aromatic heterocycles. The molecule has 3 aliphatic rings. The van der Waals surface area contributed by atoms with Crippen LogP contribution in [0.15, 0.2) is 182 Å². The molecule has 2 aliphatic heterocycles. The Morgan fingerprint density at radius 2 is 0.980 bits per heavy atom. The Morgan fingerprint density at radius 1 is 0.440 bits per heavy atom. The first kappa shape index (κ1) is 28.8. The first-order valence-corrected chi connectivity index (χ1v) is 17.3. The Labute approximate surface area is 292 Å². The zero-order valence-electron chi connectivity index (χ0n) is 27.4. The summed E-state index contributed by atoms with van der Waals surface area (Å²) < 4.78 is 6.59. The van der Waals surface area contributed by atoms with E-state index >= 15 is 0 Å². The topological polar surface area (TPSA) is 33.3 Å². The smallest absolute Gasteiger partial charge is 0.132 e. The van der Waals surface area contributed by atoms with Crippen LogP contribution in [0.4, 0.5) is 0 Å². The fourth-order valence-corrected chi connectivity index (χ4v) is 8.48. The van der Waals surface area contributed by atoms with Crippen LogP contribution in [0.25, 0.3) is 28.0 Å². The molecule has 1 aliphatic carbocycles. The highest BCUT2D eigenvalue weighted by molar-refractivity contribution is 5.94. The Bertz CT molecular complexity index is 2370. The summed E-state index contributed by atoms with van der Waals surface area (Å²) in [6.07, 6.45) is 2.29. The zero-order chi connectivity index (χ0) is 33.1. The summed E-state index contributed by atoms with van der Waals surface area (Å²) in [5, 5.41) is 7.61. The predicted molar refractivity (Wildman–Crippen MR) is 202 cm³/mol. The van der Waals surface area contributed by atoms with Crippen molar-refractivity contribution < 1.29 is 4.74 Å². The van der Waals surface area contributed by atoms with Crippen molar-refractivity contribution >= 4 is 5.70 Å². The first-order valence-electron chi connectivity index (χ1n) is 17.3. The van der Waals surface area contributed by atoms with E-state index in [2.05, 4.69) is 193 Å². The number of rotatable bonds is 4. The van der Waals surface area contributed by atoms with Crippen molar-refractivity contribution in [2.45, 2.75) is 17.6 Å². The molecule has 7 aromatic carbocycles. The lowest BCUT2D eigenvalue weighted by molar-refractivity contribution is 0.436. The van der Waals surface area contributed by atoms with Gasteiger partial charge in [-0.05, 0) is 68.3 Å². The number of nitrogens with one attached hydrogen (secondary N) is 2. The molecule has 0 saturated heterocycles. The van der Waals surface area contributed by atoms with E-state index in [1.807, 2.05) is 0 Å². The van der Waals surface area contributed by atoms with Gasteiger partial charge in [-0.2, -0.15) is 0 Å². The average Bonchev–Trinajstić information content (AvgIpc) is 3.49. The average molecular weight is 643 g/mol. The minimum atomic E-state index is -0.516. The molecular weight excluding hydrogens is 609 g/mol. The third-order valence-electron chi connectivity index (χ3n) is 10.6. The standard InChI is InChI=1S/C47H34N2O/c1-3-14-32(15-4-1)41-30-42(49-46(48-41)34-16-5-2-6-17-34)33-28-26-31(27-29-33)35-19-13-20-37-36-18-7-8-21-38(36)47(45(35)37)39-22-9-11-24-43(39)50-44-25-12-10-23-40(44)47/h1-30,41,46,48-49H. The quantitative estimate of drug-likeness (QED) is 0.200. The highest BCUT2D eigenvalue weighted by Crippen LogP contribution is 2.63. The molecule has 10 rings (SSSR count). The van der Waals surface area contributed by atoms with Crippen molar-refractivity contribution in [3.63, 3.8) is 0 Å². The zero-order valence-corrected chi connectivity index (χ0v) is 27.4. The highest BCUT2D eigenvalue weighted by atomic mass is 16.5. The van der Waals surface area contributed by atoms with Crippen molar-refractivity contribution in [3.05, 3.63) is 221 Å². The van der Waals surface area contributed by atoms with Gasteiger partial charge in [-0.1, -0.05) is 164 Å². The number of benzene rings is 7. The second kappa shape index (κ2) is 11.5. The second-order valence-corrected chi connectivity index (χ2v) is 13.3. The maximum Gasteiger partial charge on any atom is 0.132 e. The summed E-state index contributed by atoms with van der Waals surface area (Å²) in [6, 6.07) is 63.3. The first-order chi connectivity index (χ1) is 24.8. The lowest BCUT2D eigenvalue weighted by atomic mass is 9.64. The normalized spacial score (nSPS) is 17.7. The van der Waals surface area contributed by atoms with Crippen LogP contribution in [0.5, 0.6) is 11.5 Å². The molecule has 7 aromatic rings. The van der Waals surface area contributed by atoms with Gasteiger partial charge in [0.1, 0.15) is 17.7 Å². The Kier molecular flexibility index (Phi) is 6.61. The van der Waals surface area contributed by atoms with Crippen molar-refractivity contribution in [2.75, 3.05) is 0 Å². The maximum atomic E-state index is 6.59. The lowest BCUT2D eigenvalue weighted by Crippen LogP contribution is -2.39. The fraction of sp³-hybridized carbons (Fsp3) is 0.0638. The molecule has 2 unspecified atom stereocenters. The molecule has 2 heterocycles. The molecule has 1 spiro atoms. The third-order valence-corrected chi connectivity index (χ3v) is 10.6. The van der Waals surface area contributed by atoms with Crippen molar-refractivity contribution in [2.24, 2.45) is 0 Å². The molecular formula is C47H34N2O. The molecule has 3 heteroatoms. The minimum absolute atomic E-state index is 0.0227. The van der Waals surface area contributed by atoms with Gasteiger partial charge in [0.25, 0.3) is 0 Å². The summed E-state index contributed by atoms with van der Waals surface area (Å²) in [6.45, 7) is 0. The molecule has 2 N–H and O–H groups in total. The molecule has 2 atom stereocenters. The number of hydrogen-bond acceptors (Lipinski definition) is 3. The van der Waals surface area contributed by atoms with Crippen LogP contribution in [0.2, 0.25) is 0 Å². The van der Waals surface area contributed by atoms with Gasteiger partial charge < -0.3 is 10.1 Å². The van der Waals surface area contributed by atoms with Gasteiger partial charge in [-0.25, -0.2) is 0 Å². The van der Waals surface area contributed by atoms with E-state index in [1.165, 1.54) is 55.6 Å². The number of hydrogen-bond donors (Lipinski definition) is 2. The number of fused-ring (bicyclic) bond motifs is 9. The van der Waals surface area contributed by atoms with E-state index in [1.54, 1.807) is 0 Å². The Morgan fingerprint density at radius 3 is 1.68 bits per heavy atom. The van der Waals surface area contributed by atoms with Gasteiger partial charge in [0.15, 0.2) is 0 Å². The molecule has 238 valence electrons. The SMILES string of the molecule is C1=C(c2ccc(-c3cccc4c3C3(c5ccccc5Oc5ccccc53)c3ccccc3-4)cc2)NC(c2ccccc2)NC1c1ccccc1. The summed E-state index contributed by atoms with van der Waals surface area (Å²) in [5.74, 6) is 1.81. The monoisotopic (exact) mass is 642 g/mol. The molecule has 0 fully saturated rings. The molecule has 0 saturated carbocycles. The van der Waals surface area contributed by atoms with Gasteiger partial charge in [-0.15, -0.1) is 0 Å². The second-order valence-electron chi connectivity index (χ2n) is 13.3. The maximum absolute atomic E-state index is 6.59. The van der Waals surface area contributed by atoms with Gasteiger partial charge >= 0.3 is 0 Å².